The van der Waals surface area contributed by atoms with Crippen molar-refractivity contribution in [3.63, 3.8) is 0 Å². The van der Waals surface area contributed by atoms with Crippen LogP contribution in [0.5, 0.6) is 0 Å². The lowest BCUT2D eigenvalue weighted by Crippen LogP contribution is -2.40. The van der Waals surface area contributed by atoms with E-state index in [0.717, 1.165) is 0 Å². The summed E-state index contributed by atoms with van der Waals surface area (Å²) in [5, 5.41) is 9.35. The van der Waals surface area contributed by atoms with Gasteiger partial charge in [0.1, 0.15) is 4.34 Å². The number of likely N-dealkylation sites (tertiary alicyclic amines) is 1. The normalized spacial score (nSPS) is 17.8. The number of carbonyl (C=O) groups is 1. The Labute approximate surface area is 108 Å². The minimum absolute atomic E-state index is 0.0972. The third kappa shape index (κ3) is 2.51. The Morgan fingerprint density at radius 2 is 2.06 bits per heavy atom. The molecule has 3 nitrogen and oxygen atoms in total. The summed E-state index contributed by atoms with van der Waals surface area (Å²) >= 11 is 12.9. The summed E-state index contributed by atoms with van der Waals surface area (Å²) in [6.45, 7) is 1.15. The molecular weight excluding hydrogens is 269 g/mol. The van der Waals surface area contributed by atoms with E-state index in [1.165, 1.54) is 11.3 Å². The van der Waals surface area contributed by atoms with E-state index in [4.69, 9.17) is 23.2 Å². The van der Waals surface area contributed by atoms with Crippen LogP contribution in [0.2, 0.25) is 8.67 Å². The van der Waals surface area contributed by atoms with Crippen molar-refractivity contribution in [2.45, 2.75) is 18.9 Å². The first-order valence-corrected chi connectivity index (χ1v) is 6.57. The summed E-state index contributed by atoms with van der Waals surface area (Å²) in [7, 11) is 0. The Kier molecular flexibility index (Phi) is 3.74. The van der Waals surface area contributed by atoms with Crippen LogP contribution in [-0.4, -0.2) is 35.1 Å². The molecule has 1 aliphatic rings. The van der Waals surface area contributed by atoms with Gasteiger partial charge in [-0.1, -0.05) is 23.2 Å². The third-order valence-electron chi connectivity index (χ3n) is 2.64. The zero-order valence-corrected chi connectivity index (χ0v) is 10.8. The van der Waals surface area contributed by atoms with E-state index in [-0.39, 0.29) is 12.0 Å². The highest BCUT2D eigenvalue weighted by Crippen LogP contribution is 2.32. The Hall–Kier alpha value is -0.290. The van der Waals surface area contributed by atoms with Gasteiger partial charge in [-0.2, -0.15) is 0 Å². The lowest BCUT2D eigenvalue weighted by molar-refractivity contribution is 0.0547. The second-order valence-corrected chi connectivity index (χ2v) is 6.05. The Bertz CT molecular complexity index is 400. The summed E-state index contributed by atoms with van der Waals surface area (Å²) < 4.78 is 0.950. The van der Waals surface area contributed by atoms with Crippen molar-refractivity contribution in [2.24, 2.45) is 0 Å². The van der Waals surface area contributed by atoms with Crippen LogP contribution in [0, 0.1) is 0 Å². The first-order chi connectivity index (χ1) is 7.58. The van der Waals surface area contributed by atoms with Crippen LogP contribution >= 0.6 is 34.5 Å². The van der Waals surface area contributed by atoms with E-state index in [2.05, 4.69) is 0 Å². The molecule has 1 N–H and O–H groups in total. The van der Waals surface area contributed by atoms with Gasteiger partial charge in [-0.15, -0.1) is 11.3 Å². The van der Waals surface area contributed by atoms with Crippen molar-refractivity contribution in [3.05, 3.63) is 20.3 Å². The molecule has 1 saturated heterocycles. The fourth-order valence-electron chi connectivity index (χ4n) is 1.73. The summed E-state index contributed by atoms with van der Waals surface area (Å²) in [6, 6.07) is 1.60. The number of thiophene rings is 1. The van der Waals surface area contributed by atoms with Gasteiger partial charge in [0.15, 0.2) is 0 Å². The highest BCUT2D eigenvalue weighted by Gasteiger charge is 2.24. The lowest BCUT2D eigenvalue weighted by atomic mass is 10.1. The average molecular weight is 280 g/mol. The lowest BCUT2D eigenvalue weighted by Gasteiger charge is -2.29. The van der Waals surface area contributed by atoms with E-state index in [0.29, 0.717) is 40.2 Å². The van der Waals surface area contributed by atoms with Gasteiger partial charge in [0.05, 0.1) is 16.0 Å². The monoisotopic (exact) mass is 279 g/mol. The van der Waals surface area contributed by atoms with Crippen LogP contribution in [0.3, 0.4) is 0 Å². The summed E-state index contributed by atoms with van der Waals surface area (Å²) in [5.41, 5.74) is 0.466. The number of aliphatic hydroxyl groups excluding tert-OH is 1. The zero-order valence-electron chi connectivity index (χ0n) is 8.45. The van der Waals surface area contributed by atoms with Crippen LogP contribution < -0.4 is 0 Å². The maximum absolute atomic E-state index is 12.0. The minimum Gasteiger partial charge on any atom is -0.393 e. The highest BCUT2D eigenvalue weighted by molar-refractivity contribution is 7.20. The van der Waals surface area contributed by atoms with Gasteiger partial charge in [-0.3, -0.25) is 4.79 Å². The van der Waals surface area contributed by atoms with Gasteiger partial charge < -0.3 is 10.0 Å². The second-order valence-electron chi connectivity index (χ2n) is 3.76. The van der Waals surface area contributed by atoms with Crippen molar-refractivity contribution in [1.29, 1.82) is 0 Å². The predicted molar refractivity (Wildman–Crippen MR) is 65.5 cm³/mol. The topological polar surface area (TPSA) is 40.5 Å². The van der Waals surface area contributed by atoms with Crippen LogP contribution in [0.1, 0.15) is 23.2 Å². The Morgan fingerprint density at radius 3 is 2.56 bits per heavy atom. The first kappa shape index (κ1) is 12.2. The SMILES string of the molecule is O=C(c1cc(Cl)sc1Cl)N1CCC(O)CC1. The first-order valence-electron chi connectivity index (χ1n) is 5.00. The summed E-state index contributed by atoms with van der Waals surface area (Å²) in [5.74, 6) is -0.0972. The number of carbonyl (C=O) groups excluding carboxylic acids is 1. The van der Waals surface area contributed by atoms with E-state index in [9.17, 15) is 9.90 Å². The van der Waals surface area contributed by atoms with Crippen molar-refractivity contribution < 1.29 is 9.90 Å². The van der Waals surface area contributed by atoms with Crippen molar-refractivity contribution in [1.82, 2.24) is 4.90 Å². The number of amides is 1. The summed E-state index contributed by atoms with van der Waals surface area (Å²) in [6.07, 6.45) is 0.966. The number of rotatable bonds is 1. The van der Waals surface area contributed by atoms with Gasteiger partial charge in [0.25, 0.3) is 5.91 Å². The largest absolute Gasteiger partial charge is 0.393 e. The number of halogens is 2. The van der Waals surface area contributed by atoms with Crippen molar-refractivity contribution in [2.75, 3.05) is 13.1 Å². The number of nitrogens with zero attached hydrogens (tertiary/aromatic N) is 1. The standard InChI is InChI=1S/C10H11Cl2NO2S/c11-8-5-7(9(12)16-8)10(15)13-3-1-6(14)2-4-13/h5-6,14H,1-4H2. The highest BCUT2D eigenvalue weighted by atomic mass is 35.5. The zero-order chi connectivity index (χ0) is 11.7. The molecule has 0 aliphatic carbocycles. The second kappa shape index (κ2) is 4.92. The summed E-state index contributed by atoms with van der Waals surface area (Å²) in [4.78, 5) is 13.8. The molecule has 0 spiro atoms. The van der Waals surface area contributed by atoms with Gasteiger partial charge in [0.2, 0.25) is 0 Å². The Balaban J connectivity index is 2.10. The fraction of sp³-hybridized carbons (Fsp3) is 0.500. The quantitative estimate of drug-likeness (QED) is 0.859. The van der Waals surface area contributed by atoms with E-state index in [1.807, 2.05) is 0 Å². The maximum atomic E-state index is 12.0. The Morgan fingerprint density at radius 1 is 1.44 bits per heavy atom. The van der Waals surface area contributed by atoms with Crippen LogP contribution in [-0.2, 0) is 0 Å². The molecule has 0 radical (unpaired) electrons. The maximum Gasteiger partial charge on any atom is 0.256 e. The predicted octanol–water partition coefficient (Wildman–Crippen LogP) is 2.65. The van der Waals surface area contributed by atoms with Gasteiger partial charge in [-0.25, -0.2) is 0 Å². The molecule has 1 fully saturated rings. The molecular formula is C10H11Cl2NO2S. The van der Waals surface area contributed by atoms with E-state index >= 15 is 0 Å². The smallest absolute Gasteiger partial charge is 0.256 e. The molecule has 0 unspecified atom stereocenters. The molecule has 0 bridgehead atoms. The molecule has 2 rings (SSSR count). The van der Waals surface area contributed by atoms with Crippen LogP contribution in [0.4, 0.5) is 0 Å². The van der Waals surface area contributed by atoms with Crippen molar-refractivity contribution >= 4 is 40.4 Å². The van der Waals surface area contributed by atoms with Crippen LogP contribution in [0.25, 0.3) is 0 Å². The molecule has 2 heterocycles. The molecule has 1 aliphatic heterocycles. The molecule has 6 heteroatoms. The molecule has 0 aromatic carbocycles. The number of piperidine rings is 1. The van der Waals surface area contributed by atoms with Gasteiger partial charge in [-0.05, 0) is 18.9 Å². The molecule has 16 heavy (non-hydrogen) atoms. The molecule has 0 saturated carbocycles. The molecule has 1 aromatic rings. The van der Waals surface area contributed by atoms with Crippen molar-refractivity contribution in [3.8, 4) is 0 Å². The molecule has 1 aromatic heterocycles. The molecule has 1 amide bonds. The minimum atomic E-state index is -0.286. The average Bonchev–Trinajstić information content (AvgIpc) is 2.58. The van der Waals surface area contributed by atoms with E-state index in [1.54, 1.807) is 11.0 Å². The molecule has 88 valence electrons. The van der Waals surface area contributed by atoms with E-state index < -0.39 is 0 Å². The van der Waals surface area contributed by atoms with Crippen LogP contribution in [0.15, 0.2) is 6.07 Å². The molecule has 0 atom stereocenters. The number of hydrogen-bond acceptors (Lipinski definition) is 3. The number of hydrogen-bond donors (Lipinski definition) is 1. The van der Waals surface area contributed by atoms with Gasteiger partial charge >= 0.3 is 0 Å². The third-order valence-corrected chi connectivity index (χ3v) is 4.13. The fourth-order valence-corrected chi connectivity index (χ4v) is 3.17. The van der Waals surface area contributed by atoms with Gasteiger partial charge in [0, 0.05) is 13.1 Å². The number of aliphatic hydroxyl groups is 1.